The van der Waals surface area contributed by atoms with Crippen molar-refractivity contribution in [2.45, 2.75) is 19.9 Å². The minimum atomic E-state index is -0.115. The van der Waals surface area contributed by atoms with E-state index < -0.39 is 0 Å². The summed E-state index contributed by atoms with van der Waals surface area (Å²) in [5, 5.41) is 3.33. The van der Waals surface area contributed by atoms with Gasteiger partial charge in [0.05, 0.1) is 0 Å². The van der Waals surface area contributed by atoms with Crippen LogP contribution in [0, 0.1) is 5.82 Å². The summed E-state index contributed by atoms with van der Waals surface area (Å²) >= 11 is 0. The third kappa shape index (κ3) is 4.73. The second-order valence-corrected chi connectivity index (χ2v) is 4.08. The summed E-state index contributed by atoms with van der Waals surface area (Å²) in [6.45, 7) is 5.76. The summed E-state index contributed by atoms with van der Waals surface area (Å²) in [5.41, 5.74) is 0.764. The van der Waals surface area contributed by atoms with Gasteiger partial charge in [0.2, 0.25) is 0 Å². The molecule has 0 aliphatic carbocycles. The Morgan fingerprint density at radius 3 is 2.69 bits per heavy atom. The highest BCUT2D eigenvalue weighted by atomic mass is 19.1. The lowest BCUT2D eigenvalue weighted by Crippen LogP contribution is -2.29. The molecule has 2 nitrogen and oxygen atoms in total. The molecule has 0 aromatic heterocycles. The molecule has 0 unspecified atom stereocenters. The number of nitrogens with one attached hydrogen (secondary N) is 1. The van der Waals surface area contributed by atoms with Crippen LogP contribution in [0.5, 0.6) is 0 Å². The van der Waals surface area contributed by atoms with Gasteiger partial charge in [0, 0.05) is 25.2 Å². The van der Waals surface area contributed by atoms with Crippen molar-refractivity contribution >= 4 is 0 Å². The number of benzene rings is 1. The van der Waals surface area contributed by atoms with Gasteiger partial charge in [-0.1, -0.05) is 25.1 Å². The molecule has 16 heavy (non-hydrogen) atoms. The van der Waals surface area contributed by atoms with E-state index in [9.17, 15) is 4.39 Å². The molecule has 1 N–H and O–H groups in total. The molecule has 0 aliphatic heterocycles. The Morgan fingerprint density at radius 1 is 1.25 bits per heavy atom. The Kier molecular flexibility index (Phi) is 6.04. The normalized spacial score (nSPS) is 11.0. The molecule has 0 heterocycles. The molecule has 0 atom stereocenters. The van der Waals surface area contributed by atoms with E-state index in [4.69, 9.17) is 0 Å². The van der Waals surface area contributed by atoms with E-state index in [0.29, 0.717) is 6.54 Å². The lowest BCUT2D eigenvalue weighted by atomic mass is 10.2. The van der Waals surface area contributed by atoms with E-state index >= 15 is 0 Å². The van der Waals surface area contributed by atoms with Gasteiger partial charge in [0.25, 0.3) is 0 Å². The first-order valence-electron chi connectivity index (χ1n) is 5.86. The Labute approximate surface area is 97.5 Å². The topological polar surface area (TPSA) is 15.3 Å². The Balaban J connectivity index is 2.28. The number of rotatable bonds is 7. The molecule has 0 spiro atoms. The van der Waals surface area contributed by atoms with Crippen LogP contribution in [0.3, 0.4) is 0 Å². The van der Waals surface area contributed by atoms with Crippen LogP contribution in [0.1, 0.15) is 18.9 Å². The van der Waals surface area contributed by atoms with Crippen molar-refractivity contribution in [1.29, 1.82) is 0 Å². The second-order valence-electron chi connectivity index (χ2n) is 4.08. The fourth-order valence-corrected chi connectivity index (χ4v) is 1.57. The Bertz CT molecular complexity index is 302. The molecule has 3 heteroatoms. The maximum Gasteiger partial charge on any atom is 0.127 e. The van der Waals surface area contributed by atoms with Crippen molar-refractivity contribution in [3.8, 4) is 0 Å². The van der Waals surface area contributed by atoms with E-state index in [1.54, 1.807) is 6.07 Å². The average Bonchev–Trinajstić information content (AvgIpc) is 2.28. The van der Waals surface area contributed by atoms with Gasteiger partial charge in [-0.05, 0) is 26.1 Å². The van der Waals surface area contributed by atoms with Gasteiger partial charge in [0.15, 0.2) is 0 Å². The van der Waals surface area contributed by atoms with E-state index in [0.717, 1.165) is 31.6 Å². The summed E-state index contributed by atoms with van der Waals surface area (Å²) in [4.78, 5) is 2.13. The standard InChI is InChI=1S/C13H21FN2/c1-3-8-15-9-10-16(2)11-12-6-4-5-7-13(12)14/h4-7,15H,3,8-11H2,1-2H3. The van der Waals surface area contributed by atoms with Crippen molar-refractivity contribution in [2.24, 2.45) is 0 Å². The van der Waals surface area contributed by atoms with Gasteiger partial charge in [-0.15, -0.1) is 0 Å². The maximum atomic E-state index is 13.4. The summed E-state index contributed by atoms with van der Waals surface area (Å²) in [5.74, 6) is -0.115. The summed E-state index contributed by atoms with van der Waals surface area (Å²) in [6, 6.07) is 6.95. The van der Waals surface area contributed by atoms with Crippen LogP contribution in [0.15, 0.2) is 24.3 Å². The molecule has 0 fully saturated rings. The maximum absolute atomic E-state index is 13.4. The monoisotopic (exact) mass is 224 g/mol. The van der Waals surface area contributed by atoms with Crippen molar-refractivity contribution in [2.75, 3.05) is 26.7 Å². The van der Waals surface area contributed by atoms with Crippen LogP contribution in [0.25, 0.3) is 0 Å². The van der Waals surface area contributed by atoms with E-state index in [1.165, 1.54) is 6.07 Å². The van der Waals surface area contributed by atoms with Crippen molar-refractivity contribution in [3.63, 3.8) is 0 Å². The van der Waals surface area contributed by atoms with Crippen molar-refractivity contribution in [1.82, 2.24) is 10.2 Å². The number of hydrogen-bond acceptors (Lipinski definition) is 2. The van der Waals surface area contributed by atoms with E-state index in [-0.39, 0.29) is 5.82 Å². The summed E-state index contributed by atoms with van der Waals surface area (Å²) in [6.07, 6.45) is 1.15. The first kappa shape index (κ1) is 13.1. The van der Waals surface area contributed by atoms with Gasteiger partial charge >= 0.3 is 0 Å². The van der Waals surface area contributed by atoms with Crippen LogP contribution in [0.4, 0.5) is 4.39 Å². The van der Waals surface area contributed by atoms with Gasteiger partial charge in [-0.25, -0.2) is 4.39 Å². The number of likely N-dealkylation sites (N-methyl/N-ethyl adjacent to an activating group) is 1. The molecular formula is C13H21FN2. The third-order valence-electron chi connectivity index (χ3n) is 2.50. The first-order valence-corrected chi connectivity index (χ1v) is 5.86. The number of hydrogen-bond donors (Lipinski definition) is 1. The Morgan fingerprint density at radius 2 is 2.00 bits per heavy atom. The fourth-order valence-electron chi connectivity index (χ4n) is 1.57. The van der Waals surface area contributed by atoms with Crippen LogP contribution in [0.2, 0.25) is 0 Å². The molecule has 1 rings (SSSR count). The van der Waals surface area contributed by atoms with Crippen LogP contribution >= 0.6 is 0 Å². The smallest absolute Gasteiger partial charge is 0.127 e. The minimum absolute atomic E-state index is 0.115. The van der Waals surface area contributed by atoms with Gasteiger partial charge in [-0.2, -0.15) is 0 Å². The summed E-state index contributed by atoms with van der Waals surface area (Å²) in [7, 11) is 2.01. The fraction of sp³-hybridized carbons (Fsp3) is 0.538. The van der Waals surface area contributed by atoms with Gasteiger partial charge < -0.3 is 10.2 Å². The molecule has 0 saturated heterocycles. The molecule has 1 aromatic rings. The first-order chi connectivity index (χ1) is 7.74. The molecule has 0 amide bonds. The molecule has 1 aromatic carbocycles. The molecule has 90 valence electrons. The zero-order valence-electron chi connectivity index (χ0n) is 10.2. The quantitative estimate of drug-likeness (QED) is 0.715. The van der Waals surface area contributed by atoms with E-state index in [1.807, 2.05) is 19.2 Å². The zero-order chi connectivity index (χ0) is 11.8. The highest BCUT2D eigenvalue weighted by molar-refractivity contribution is 5.16. The lowest BCUT2D eigenvalue weighted by Gasteiger charge is -2.17. The zero-order valence-corrected chi connectivity index (χ0v) is 10.2. The molecule has 0 radical (unpaired) electrons. The lowest BCUT2D eigenvalue weighted by molar-refractivity contribution is 0.319. The predicted octanol–water partition coefficient (Wildman–Crippen LogP) is 2.26. The van der Waals surface area contributed by atoms with Gasteiger partial charge in [0.1, 0.15) is 5.82 Å². The Hall–Kier alpha value is -0.930. The average molecular weight is 224 g/mol. The predicted molar refractivity (Wildman–Crippen MR) is 65.9 cm³/mol. The van der Waals surface area contributed by atoms with E-state index in [2.05, 4.69) is 17.1 Å². The second kappa shape index (κ2) is 7.36. The highest BCUT2D eigenvalue weighted by Crippen LogP contribution is 2.08. The van der Waals surface area contributed by atoms with Crippen LogP contribution in [-0.4, -0.2) is 31.6 Å². The number of nitrogens with zero attached hydrogens (tertiary/aromatic N) is 1. The van der Waals surface area contributed by atoms with Crippen molar-refractivity contribution < 1.29 is 4.39 Å². The molecular weight excluding hydrogens is 203 g/mol. The summed E-state index contributed by atoms with van der Waals surface area (Å²) < 4.78 is 13.4. The van der Waals surface area contributed by atoms with Gasteiger partial charge in [-0.3, -0.25) is 0 Å². The minimum Gasteiger partial charge on any atom is -0.315 e. The molecule has 0 aliphatic rings. The highest BCUT2D eigenvalue weighted by Gasteiger charge is 2.03. The molecule has 0 saturated carbocycles. The van der Waals surface area contributed by atoms with Crippen LogP contribution < -0.4 is 5.32 Å². The third-order valence-corrected chi connectivity index (χ3v) is 2.50. The SMILES string of the molecule is CCCNCCN(C)Cc1ccccc1F. The van der Waals surface area contributed by atoms with Crippen LogP contribution in [-0.2, 0) is 6.54 Å². The largest absolute Gasteiger partial charge is 0.315 e. The molecule has 0 bridgehead atoms. The van der Waals surface area contributed by atoms with Crippen molar-refractivity contribution in [3.05, 3.63) is 35.6 Å². The number of halogens is 1.